The second-order valence-corrected chi connectivity index (χ2v) is 9.96. The Bertz CT molecular complexity index is 1530. The Morgan fingerprint density at radius 2 is 1.57 bits per heavy atom. The number of sulfonamides is 1. The first kappa shape index (κ1) is 25.1. The van der Waals surface area contributed by atoms with Crippen molar-refractivity contribution in [1.29, 1.82) is 0 Å². The minimum atomic E-state index is -5.55. The van der Waals surface area contributed by atoms with E-state index < -0.39 is 21.3 Å². The molecule has 0 saturated heterocycles. The van der Waals surface area contributed by atoms with Crippen molar-refractivity contribution in [1.82, 2.24) is 0 Å². The van der Waals surface area contributed by atoms with E-state index in [1.54, 1.807) is 48.5 Å². The van der Waals surface area contributed by atoms with E-state index in [4.69, 9.17) is 27.9 Å². The Labute approximate surface area is 208 Å². The average Bonchev–Trinajstić information content (AvgIpc) is 2.79. The quantitative estimate of drug-likeness (QED) is 0.252. The van der Waals surface area contributed by atoms with Crippen molar-refractivity contribution >= 4 is 49.7 Å². The number of halogens is 6. The molecule has 0 unspecified atom stereocenters. The lowest BCUT2D eigenvalue weighted by Crippen LogP contribution is -2.29. The number of benzene rings is 4. The molecule has 0 atom stereocenters. The van der Waals surface area contributed by atoms with Crippen LogP contribution in [0, 0.1) is 5.82 Å². The zero-order valence-electron chi connectivity index (χ0n) is 17.5. The van der Waals surface area contributed by atoms with Crippen LogP contribution in [0.2, 0.25) is 10.0 Å². The molecule has 0 radical (unpaired) electrons. The molecule has 0 heterocycles. The SMILES string of the molecule is O=S(=O)(Nc1ccc2c(OCc3ccc(-c4ccc(Cl)c(Cl)c4)cc3F)cccc2c1)C(F)(F)F. The molecule has 0 aliphatic carbocycles. The van der Waals surface area contributed by atoms with Crippen molar-refractivity contribution < 1.29 is 30.7 Å². The molecule has 0 spiro atoms. The van der Waals surface area contributed by atoms with E-state index in [1.165, 1.54) is 29.0 Å². The molecular weight excluding hydrogens is 529 g/mol. The van der Waals surface area contributed by atoms with Crippen LogP contribution in [0.5, 0.6) is 5.75 Å². The zero-order chi connectivity index (χ0) is 25.4. The lowest BCUT2D eigenvalue weighted by Gasteiger charge is -2.13. The summed E-state index contributed by atoms with van der Waals surface area (Å²) in [4.78, 5) is 0. The molecule has 0 saturated carbocycles. The van der Waals surface area contributed by atoms with Crippen molar-refractivity contribution in [2.75, 3.05) is 4.72 Å². The molecule has 0 amide bonds. The molecular formula is C24H15Cl2F4NO3S. The Morgan fingerprint density at radius 1 is 0.857 bits per heavy atom. The Hall–Kier alpha value is -3.01. The van der Waals surface area contributed by atoms with Gasteiger partial charge in [-0.15, -0.1) is 0 Å². The molecule has 0 aliphatic heterocycles. The predicted molar refractivity (Wildman–Crippen MR) is 129 cm³/mol. The fourth-order valence-corrected chi connectivity index (χ4v) is 4.18. The van der Waals surface area contributed by atoms with Gasteiger partial charge < -0.3 is 4.74 Å². The largest absolute Gasteiger partial charge is 0.516 e. The summed E-state index contributed by atoms with van der Waals surface area (Å²) in [6.07, 6.45) is 0. The fourth-order valence-electron chi connectivity index (χ4n) is 3.33. The highest BCUT2D eigenvalue weighted by atomic mass is 35.5. The first-order valence-electron chi connectivity index (χ1n) is 9.93. The first-order valence-corrected chi connectivity index (χ1v) is 12.2. The molecule has 35 heavy (non-hydrogen) atoms. The van der Waals surface area contributed by atoms with Gasteiger partial charge in [0.05, 0.1) is 10.0 Å². The summed E-state index contributed by atoms with van der Waals surface area (Å²) in [6.45, 7) is -0.116. The van der Waals surface area contributed by atoms with Crippen LogP contribution in [0.1, 0.15) is 5.56 Å². The lowest BCUT2D eigenvalue weighted by molar-refractivity contribution is -0.0429. The van der Waals surface area contributed by atoms with Crippen LogP contribution in [0.25, 0.3) is 21.9 Å². The van der Waals surface area contributed by atoms with Gasteiger partial charge in [0.2, 0.25) is 0 Å². The van der Waals surface area contributed by atoms with Crippen LogP contribution < -0.4 is 9.46 Å². The third-order valence-corrected chi connectivity index (χ3v) is 6.94. The van der Waals surface area contributed by atoms with E-state index in [0.717, 1.165) is 0 Å². The standard InChI is InChI=1S/C24H15Cl2F4NO3S/c25-20-9-6-14(11-21(20)26)15-4-5-17(22(27)12-15)13-34-23-3-1-2-16-10-18(7-8-19(16)23)31-35(32,33)24(28,29)30/h1-12,31H,13H2. The van der Waals surface area contributed by atoms with E-state index in [1.807, 2.05) is 0 Å². The topological polar surface area (TPSA) is 55.4 Å². The van der Waals surface area contributed by atoms with Crippen LogP contribution in [-0.2, 0) is 16.6 Å². The average molecular weight is 544 g/mol. The van der Waals surface area contributed by atoms with E-state index in [-0.39, 0.29) is 17.9 Å². The summed E-state index contributed by atoms with van der Waals surface area (Å²) in [5.74, 6) is -0.154. The molecule has 4 aromatic rings. The monoisotopic (exact) mass is 543 g/mol. The first-order chi connectivity index (χ1) is 16.4. The molecule has 4 nitrogen and oxygen atoms in total. The highest BCUT2D eigenvalue weighted by Crippen LogP contribution is 2.32. The summed E-state index contributed by atoms with van der Waals surface area (Å²) >= 11 is 12.0. The second-order valence-electron chi connectivity index (χ2n) is 7.47. The van der Waals surface area contributed by atoms with Crippen LogP contribution in [-0.4, -0.2) is 13.9 Å². The van der Waals surface area contributed by atoms with Gasteiger partial charge in [-0.05, 0) is 59.0 Å². The molecule has 0 fully saturated rings. The van der Waals surface area contributed by atoms with Gasteiger partial charge in [-0.3, -0.25) is 4.72 Å². The molecule has 182 valence electrons. The van der Waals surface area contributed by atoms with Crippen molar-refractivity contribution in [2.24, 2.45) is 0 Å². The van der Waals surface area contributed by atoms with E-state index in [9.17, 15) is 26.0 Å². The molecule has 4 aromatic carbocycles. The summed E-state index contributed by atoms with van der Waals surface area (Å²) in [5.41, 5.74) is -4.12. The third kappa shape index (κ3) is 5.47. The maximum Gasteiger partial charge on any atom is 0.516 e. The minimum absolute atomic E-state index is 0.116. The summed E-state index contributed by atoms with van der Waals surface area (Å²) in [5, 5.41) is 1.68. The van der Waals surface area contributed by atoms with Crippen LogP contribution in [0.15, 0.2) is 72.8 Å². The number of hydrogen-bond donors (Lipinski definition) is 1. The van der Waals surface area contributed by atoms with Crippen LogP contribution in [0.4, 0.5) is 23.2 Å². The van der Waals surface area contributed by atoms with Crippen molar-refractivity contribution in [3.05, 3.63) is 94.2 Å². The molecule has 1 N–H and O–H groups in total. The Morgan fingerprint density at radius 3 is 2.26 bits per heavy atom. The van der Waals surface area contributed by atoms with Gasteiger partial charge in [0.1, 0.15) is 18.2 Å². The van der Waals surface area contributed by atoms with Gasteiger partial charge in [0, 0.05) is 16.6 Å². The second kappa shape index (κ2) is 9.56. The molecule has 0 aliphatic rings. The number of anilines is 1. The van der Waals surface area contributed by atoms with Crippen LogP contribution in [0.3, 0.4) is 0 Å². The van der Waals surface area contributed by atoms with E-state index >= 15 is 0 Å². The van der Waals surface area contributed by atoms with Crippen molar-refractivity contribution in [3.8, 4) is 16.9 Å². The molecule has 0 aromatic heterocycles. The summed E-state index contributed by atoms with van der Waals surface area (Å²) < 4.78 is 82.6. The van der Waals surface area contributed by atoms with Gasteiger partial charge in [0.25, 0.3) is 0 Å². The molecule has 11 heteroatoms. The van der Waals surface area contributed by atoms with Crippen molar-refractivity contribution in [2.45, 2.75) is 12.1 Å². The predicted octanol–water partition coefficient (Wildman–Crippen LogP) is 7.79. The Balaban J connectivity index is 1.53. The third-order valence-electron chi connectivity index (χ3n) is 5.09. The van der Waals surface area contributed by atoms with Crippen molar-refractivity contribution in [3.63, 3.8) is 0 Å². The number of nitrogens with one attached hydrogen (secondary N) is 1. The minimum Gasteiger partial charge on any atom is -0.488 e. The number of rotatable bonds is 6. The highest BCUT2D eigenvalue weighted by molar-refractivity contribution is 7.93. The van der Waals surface area contributed by atoms with Gasteiger partial charge in [-0.25, -0.2) is 4.39 Å². The Kier molecular flexibility index (Phi) is 6.86. The van der Waals surface area contributed by atoms with E-state index in [2.05, 4.69) is 0 Å². The molecule has 4 rings (SSSR count). The molecule has 0 bridgehead atoms. The maximum absolute atomic E-state index is 14.7. The lowest BCUT2D eigenvalue weighted by atomic mass is 10.0. The van der Waals surface area contributed by atoms with E-state index in [0.29, 0.717) is 37.7 Å². The smallest absolute Gasteiger partial charge is 0.488 e. The van der Waals surface area contributed by atoms with Gasteiger partial charge >= 0.3 is 15.5 Å². The maximum atomic E-state index is 14.7. The number of fused-ring (bicyclic) bond motifs is 1. The van der Waals surface area contributed by atoms with Gasteiger partial charge in [-0.1, -0.05) is 53.5 Å². The summed E-state index contributed by atoms with van der Waals surface area (Å²) in [6, 6.07) is 18.2. The highest BCUT2D eigenvalue weighted by Gasteiger charge is 2.46. The van der Waals surface area contributed by atoms with Gasteiger partial charge in [0.15, 0.2) is 0 Å². The number of alkyl halides is 3. The zero-order valence-corrected chi connectivity index (χ0v) is 19.9. The number of hydrogen-bond acceptors (Lipinski definition) is 3. The van der Waals surface area contributed by atoms with Gasteiger partial charge in [-0.2, -0.15) is 21.6 Å². The fraction of sp³-hybridized carbons (Fsp3) is 0.0833. The van der Waals surface area contributed by atoms with Crippen LogP contribution >= 0.6 is 23.2 Å². The number of ether oxygens (including phenoxy) is 1. The summed E-state index contributed by atoms with van der Waals surface area (Å²) in [7, 11) is -5.55. The normalized spacial score (nSPS) is 12.1.